The Hall–Kier alpha value is -3.01. The van der Waals surface area contributed by atoms with Gasteiger partial charge in [0.1, 0.15) is 5.75 Å². The molecule has 8 nitrogen and oxygen atoms in total. The Kier molecular flexibility index (Phi) is 5.32. The molecule has 0 bridgehead atoms. The molecular formula is C23H24N4O4S. The average Bonchev–Trinajstić information content (AvgIpc) is 3.48. The highest BCUT2D eigenvalue weighted by molar-refractivity contribution is 7.90. The van der Waals surface area contributed by atoms with Crippen LogP contribution in [-0.4, -0.2) is 46.2 Å². The second kappa shape index (κ2) is 8.16. The van der Waals surface area contributed by atoms with Crippen molar-refractivity contribution in [1.82, 2.24) is 20.0 Å². The summed E-state index contributed by atoms with van der Waals surface area (Å²) in [6.45, 7) is 2.98. The van der Waals surface area contributed by atoms with Crippen LogP contribution in [0.1, 0.15) is 35.3 Å². The van der Waals surface area contributed by atoms with Gasteiger partial charge < -0.3 is 14.6 Å². The van der Waals surface area contributed by atoms with E-state index in [2.05, 4.69) is 26.1 Å². The molecule has 1 aliphatic rings. The van der Waals surface area contributed by atoms with E-state index < -0.39 is 15.9 Å². The van der Waals surface area contributed by atoms with E-state index in [1.165, 1.54) is 0 Å². The number of aromatic amines is 1. The molecule has 0 saturated carbocycles. The Labute approximate surface area is 185 Å². The van der Waals surface area contributed by atoms with Crippen LogP contribution >= 0.6 is 0 Å². The SMILES string of the molecule is Cc1ccc(S(=O)(=O)Cc2noc(C3CC(O)CN3Cc3c[nH]c4ccccc34)n2)cc1. The van der Waals surface area contributed by atoms with E-state index in [1.807, 2.05) is 31.3 Å². The summed E-state index contributed by atoms with van der Waals surface area (Å²) in [4.78, 5) is 9.97. The second-order valence-electron chi connectivity index (χ2n) is 8.32. The van der Waals surface area contributed by atoms with Gasteiger partial charge in [0.15, 0.2) is 15.7 Å². The van der Waals surface area contributed by atoms with Gasteiger partial charge in [-0.05, 0) is 37.1 Å². The van der Waals surface area contributed by atoms with Crippen LogP contribution in [0, 0.1) is 6.92 Å². The molecule has 0 radical (unpaired) electrons. The smallest absolute Gasteiger partial charge is 0.244 e. The fourth-order valence-corrected chi connectivity index (χ4v) is 5.43. The van der Waals surface area contributed by atoms with Crippen LogP contribution in [-0.2, 0) is 22.1 Å². The summed E-state index contributed by atoms with van der Waals surface area (Å²) in [6, 6.07) is 14.5. The summed E-state index contributed by atoms with van der Waals surface area (Å²) < 4.78 is 30.9. The summed E-state index contributed by atoms with van der Waals surface area (Å²) in [7, 11) is -3.58. The fraction of sp³-hybridized carbons (Fsp3) is 0.304. The van der Waals surface area contributed by atoms with Gasteiger partial charge in [0, 0.05) is 30.2 Å². The summed E-state index contributed by atoms with van der Waals surface area (Å²) in [5.74, 6) is 0.113. The fourth-order valence-electron chi connectivity index (χ4n) is 4.25. The van der Waals surface area contributed by atoms with Crippen molar-refractivity contribution in [3.05, 3.63) is 77.6 Å². The van der Waals surface area contributed by atoms with Gasteiger partial charge in [-0.3, -0.25) is 4.90 Å². The maximum atomic E-state index is 12.7. The van der Waals surface area contributed by atoms with Gasteiger partial charge in [-0.25, -0.2) is 8.42 Å². The van der Waals surface area contributed by atoms with E-state index in [9.17, 15) is 13.5 Å². The molecule has 4 aromatic rings. The molecule has 32 heavy (non-hydrogen) atoms. The topological polar surface area (TPSA) is 112 Å². The number of sulfone groups is 1. The Morgan fingerprint density at radius 1 is 1.19 bits per heavy atom. The molecule has 2 N–H and O–H groups in total. The zero-order valence-corrected chi connectivity index (χ0v) is 18.4. The molecule has 0 aliphatic carbocycles. The normalized spacial score (nSPS) is 19.7. The van der Waals surface area contributed by atoms with Crippen molar-refractivity contribution in [2.24, 2.45) is 0 Å². The number of nitrogens with zero attached hydrogens (tertiary/aromatic N) is 3. The standard InChI is InChI=1S/C23H24N4O4S/c1-15-6-8-18(9-7-15)32(29,30)14-22-25-23(31-26-22)21-10-17(28)13-27(21)12-16-11-24-20-5-3-2-4-19(16)20/h2-9,11,17,21,24,28H,10,12-14H2,1H3. The van der Waals surface area contributed by atoms with Crippen LogP contribution in [0.3, 0.4) is 0 Å². The van der Waals surface area contributed by atoms with E-state index >= 15 is 0 Å². The van der Waals surface area contributed by atoms with E-state index in [1.54, 1.807) is 24.3 Å². The highest BCUT2D eigenvalue weighted by atomic mass is 32.2. The summed E-state index contributed by atoms with van der Waals surface area (Å²) in [6.07, 6.45) is 1.91. The number of para-hydroxylation sites is 1. The minimum absolute atomic E-state index is 0.119. The number of fused-ring (bicyclic) bond motifs is 1. The van der Waals surface area contributed by atoms with Crippen molar-refractivity contribution in [2.45, 2.75) is 42.7 Å². The van der Waals surface area contributed by atoms with Crippen molar-refractivity contribution in [2.75, 3.05) is 6.54 Å². The second-order valence-corrected chi connectivity index (χ2v) is 10.3. The molecule has 2 aromatic carbocycles. The molecule has 1 aliphatic heterocycles. The molecule has 166 valence electrons. The van der Waals surface area contributed by atoms with Crippen molar-refractivity contribution in [1.29, 1.82) is 0 Å². The molecule has 2 atom stereocenters. The number of aromatic nitrogens is 3. The zero-order valence-electron chi connectivity index (χ0n) is 17.6. The van der Waals surface area contributed by atoms with Crippen LogP contribution in [0.5, 0.6) is 0 Å². The number of aliphatic hydroxyl groups is 1. The highest BCUT2D eigenvalue weighted by Crippen LogP contribution is 2.34. The number of aryl methyl sites for hydroxylation is 1. The van der Waals surface area contributed by atoms with Gasteiger partial charge in [-0.2, -0.15) is 4.98 Å². The van der Waals surface area contributed by atoms with Gasteiger partial charge in [0.2, 0.25) is 5.89 Å². The Morgan fingerprint density at radius 3 is 2.78 bits per heavy atom. The lowest BCUT2D eigenvalue weighted by Crippen LogP contribution is -2.24. The van der Waals surface area contributed by atoms with Crippen LogP contribution in [0.25, 0.3) is 10.9 Å². The number of H-pyrrole nitrogens is 1. The molecule has 1 fully saturated rings. The predicted octanol–water partition coefficient (Wildman–Crippen LogP) is 3.14. The molecule has 2 unspecified atom stereocenters. The molecule has 5 rings (SSSR count). The third-order valence-electron chi connectivity index (χ3n) is 5.90. The molecule has 0 spiro atoms. The number of hydrogen-bond acceptors (Lipinski definition) is 7. The largest absolute Gasteiger partial charge is 0.392 e. The maximum absolute atomic E-state index is 12.7. The Balaban J connectivity index is 1.35. The first-order valence-corrected chi connectivity index (χ1v) is 12.1. The number of hydrogen-bond donors (Lipinski definition) is 2. The molecule has 3 heterocycles. The summed E-state index contributed by atoms with van der Waals surface area (Å²) >= 11 is 0. The van der Waals surface area contributed by atoms with Crippen LogP contribution < -0.4 is 0 Å². The first-order chi connectivity index (χ1) is 15.4. The van der Waals surface area contributed by atoms with Crippen molar-refractivity contribution in [3.8, 4) is 0 Å². The van der Waals surface area contributed by atoms with Gasteiger partial charge in [0.05, 0.1) is 17.0 Å². The van der Waals surface area contributed by atoms with Crippen molar-refractivity contribution < 1.29 is 18.0 Å². The number of likely N-dealkylation sites (tertiary alicyclic amines) is 1. The van der Waals surface area contributed by atoms with Crippen LogP contribution in [0.4, 0.5) is 0 Å². The molecule has 2 aromatic heterocycles. The van der Waals surface area contributed by atoms with Crippen molar-refractivity contribution in [3.63, 3.8) is 0 Å². The van der Waals surface area contributed by atoms with Crippen LogP contribution in [0.2, 0.25) is 0 Å². The van der Waals surface area contributed by atoms with Gasteiger partial charge in [-0.1, -0.05) is 41.1 Å². The quantitative estimate of drug-likeness (QED) is 0.462. The summed E-state index contributed by atoms with van der Waals surface area (Å²) in [5.41, 5.74) is 3.16. The molecule has 1 saturated heterocycles. The lowest BCUT2D eigenvalue weighted by molar-refractivity contribution is 0.169. The number of nitrogens with one attached hydrogen (secondary N) is 1. The number of aliphatic hydroxyl groups excluding tert-OH is 1. The minimum atomic E-state index is -3.58. The van der Waals surface area contributed by atoms with E-state index in [4.69, 9.17) is 4.52 Å². The van der Waals surface area contributed by atoms with Crippen molar-refractivity contribution >= 4 is 20.7 Å². The Morgan fingerprint density at radius 2 is 1.97 bits per heavy atom. The van der Waals surface area contributed by atoms with E-state index in [-0.39, 0.29) is 22.5 Å². The lowest BCUT2D eigenvalue weighted by atomic mass is 10.1. The number of benzene rings is 2. The Bertz CT molecular complexity index is 1340. The van der Waals surface area contributed by atoms with Gasteiger partial charge >= 0.3 is 0 Å². The van der Waals surface area contributed by atoms with Gasteiger partial charge in [-0.15, -0.1) is 0 Å². The summed E-state index contributed by atoms with van der Waals surface area (Å²) in [5, 5.41) is 15.3. The monoisotopic (exact) mass is 452 g/mol. The number of rotatable bonds is 6. The third kappa shape index (κ3) is 4.06. The minimum Gasteiger partial charge on any atom is -0.392 e. The van der Waals surface area contributed by atoms with Gasteiger partial charge in [0.25, 0.3) is 0 Å². The third-order valence-corrected chi connectivity index (χ3v) is 7.53. The van der Waals surface area contributed by atoms with E-state index in [0.29, 0.717) is 25.4 Å². The first kappa shape index (κ1) is 20.9. The maximum Gasteiger partial charge on any atom is 0.244 e. The van der Waals surface area contributed by atoms with E-state index in [0.717, 1.165) is 22.0 Å². The molecule has 9 heteroatoms. The highest BCUT2D eigenvalue weighted by Gasteiger charge is 2.36. The number of β-amino-alcohol motifs (C(OH)–C–C–N with tert-alkyl or cyclic N) is 1. The first-order valence-electron chi connectivity index (χ1n) is 10.5. The lowest BCUT2D eigenvalue weighted by Gasteiger charge is -2.20. The zero-order chi connectivity index (χ0) is 22.3. The molecular weight excluding hydrogens is 428 g/mol. The van der Waals surface area contributed by atoms with Crippen LogP contribution in [0.15, 0.2) is 64.1 Å². The molecule has 0 amide bonds. The average molecular weight is 453 g/mol. The predicted molar refractivity (Wildman–Crippen MR) is 118 cm³/mol.